The maximum Gasteiger partial charge on any atom is 0.0451 e. The van der Waals surface area contributed by atoms with Crippen LogP contribution in [0.5, 0.6) is 0 Å². The van der Waals surface area contributed by atoms with Gasteiger partial charge >= 0.3 is 0 Å². The van der Waals surface area contributed by atoms with Crippen LogP contribution in [-0.4, -0.2) is 6.54 Å². The number of halogens is 1. The number of hydrogen-bond donors (Lipinski definition) is 2. The van der Waals surface area contributed by atoms with E-state index in [9.17, 15) is 0 Å². The van der Waals surface area contributed by atoms with Gasteiger partial charge in [0.1, 0.15) is 0 Å². The lowest BCUT2D eigenvalue weighted by Crippen LogP contribution is -2.32. The molecule has 0 amide bonds. The largest absolute Gasteiger partial charge is 0.257 e. The van der Waals surface area contributed by atoms with Gasteiger partial charge in [-0.15, -0.1) is 0 Å². The minimum atomic E-state index is 0.731. The smallest absolute Gasteiger partial charge is 0.0451 e. The van der Waals surface area contributed by atoms with E-state index in [1.165, 1.54) is 5.56 Å². The Kier molecular flexibility index (Phi) is 5.21. The molecule has 0 bridgehead atoms. The van der Waals surface area contributed by atoms with E-state index in [0.29, 0.717) is 0 Å². The highest BCUT2D eigenvalue weighted by molar-refractivity contribution is 6.31. The average molecular weight is 261 g/mol. The maximum atomic E-state index is 6.07. The summed E-state index contributed by atoms with van der Waals surface area (Å²) in [5.74, 6) is 0. The molecule has 0 atom stereocenters. The predicted molar refractivity (Wildman–Crippen MR) is 76.4 cm³/mol. The predicted octanol–water partition coefficient (Wildman–Crippen LogP) is 3.18. The van der Waals surface area contributed by atoms with E-state index in [4.69, 9.17) is 11.6 Å². The summed E-state index contributed by atoms with van der Waals surface area (Å²) in [5, 5.41) is 0.801. The van der Waals surface area contributed by atoms with E-state index in [1.54, 1.807) is 0 Å². The van der Waals surface area contributed by atoms with Crippen molar-refractivity contribution in [3.8, 4) is 0 Å². The molecule has 0 fully saturated rings. The normalized spacial score (nSPS) is 10.5. The van der Waals surface area contributed by atoms with E-state index in [0.717, 1.165) is 30.1 Å². The second-order valence-electron chi connectivity index (χ2n) is 4.11. The molecule has 2 aromatic rings. The van der Waals surface area contributed by atoms with Gasteiger partial charge < -0.3 is 0 Å². The topological polar surface area (TPSA) is 24.1 Å². The first-order valence-electron chi connectivity index (χ1n) is 6.09. The molecule has 0 heterocycles. The lowest BCUT2D eigenvalue weighted by molar-refractivity contribution is 0.533. The quantitative estimate of drug-likeness (QED) is 0.616. The molecule has 2 N–H and O–H groups in total. The third kappa shape index (κ3) is 4.15. The van der Waals surface area contributed by atoms with Crippen LogP contribution < -0.4 is 10.9 Å². The summed E-state index contributed by atoms with van der Waals surface area (Å²) in [6.45, 7) is 1.63. The van der Waals surface area contributed by atoms with Gasteiger partial charge in [-0.3, -0.25) is 10.9 Å². The Morgan fingerprint density at radius 2 is 1.56 bits per heavy atom. The van der Waals surface area contributed by atoms with E-state index < -0.39 is 0 Å². The van der Waals surface area contributed by atoms with E-state index in [2.05, 4.69) is 35.1 Å². The lowest BCUT2D eigenvalue weighted by atomic mass is 10.2. The highest BCUT2D eigenvalue weighted by atomic mass is 35.5. The molecule has 0 saturated carbocycles. The van der Waals surface area contributed by atoms with Crippen molar-refractivity contribution in [3.63, 3.8) is 0 Å². The Bertz CT molecular complexity index is 471. The summed E-state index contributed by atoms with van der Waals surface area (Å²) < 4.78 is 0. The van der Waals surface area contributed by atoms with Crippen LogP contribution in [0.25, 0.3) is 0 Å². The Balaban J connectivity index is 1.66. The maximum absolute atomic E-state index is 6.07. The number of rotatable bonds is 6. The molecule has 2 rings (SSSR count). The van der Waals surface area contributed by atoms with Crippen molar-refractivity contribution in [1.29, 1.82) is 0 Å². The zero-order valence-electron chi connectivity index (χ0n) is 10.2. The molecule has 0 aliphatic heterocycles. The number of nitrogens with one attached hydrogen (secondary N) is 2. The van der Waals surface area contributed by atoms with Crippen LogP contribution in [0.4, 0.5) is 0 Å². The molecule has 0 saturated heterocycles. The Morgan fingerprint density at radius 1 is 0.833 bits per heavy atom. The Hall–Kier alpha value is -1.35. The standard InChI is InChI=1S/C15H17ClN2/c16-15-9-5-4-8-14(15)12-18-17-11-10-13-6-2-1-3-7-13/h1-9,17-18H,10-12H2. The molecule has 18 heavy (non-hydrogen) atoms. The molecule has 0 aliphatic carbocycles. The lowest BCUT2D eigenvalue weighted by Gasteiger charge is -2.08. The van der Waals surface area contributed by atoms with E-state index in [1.807, 2.05) is 30.3 Å². The molecule has 94 valence electrons. The van der Waals surface area contributed by atoms with Crippen molar-refractivity contribution in [2.45, 2.75) is 13.0 Å². The van der Waals surface area contributed by atoms with Gasteiger partial charge in [0, 0.05) is 18.1 Å². The van der Waals surface area contributed by atoms with Crippen LogP contribution >= 0.6 is 11.6 Å². The SMILES string of the molecule is Clc1ccccc1CNNCCc1ccccc1. The van der Waals surface area contributed by atoms with Crippen molar-refractivity contribution in [2.24, 2.45) is 0 Å². The first-order valence-corrected chi connectivity index (χ1v) is 6.47. The zero-order valence-corrected chi connectivity index (χ0v) is 11.0. The van der Waals surface area contributed by atoms with Gasteiger partial charge in [-0.05, 0) is 23.6 Å². The molecule has 2 aromatic carbocycles. The first-order chi connectivity index (χ1) is 8.86. The van der Waals surface area contributed by atoms with E-state index >= 15 is 0 Å². The van der Waals surface area contributed by atoms with Gasteiger partial charge in [0.25, 0.3) is 0 Å². The molecule has 0 aliphatic rings. The molecule has 0 aromatic heterocycles. The van der Waals surface area contributed by atoms with Crippen LogP contribution in [0, 0.1) is 0 Å². The third-order valence-corrected chi connectivity index (χ3v) is 3.11. The Labute approximate surface area is 113 Å². The van der Waals surface area contributed by atoms with Crippen LogP contribution in [-0.2, 0) is 13.0 Å². The van der Waals surface area contributed by atoms with Crippen molar-refractivity contribution >= 4 is 11.6 Å². The number of benzene rings is 2. The summed E-state index contributed by atoms with van der Waals surface area (Å²) in [6.07, 6.45) is 1.01. The second-order valence-corrected chi connectivity index (χ2v) is 4.51. The van der Waals surface area contributed by atoms with Crippen molar-refractivity contribution in [3.05, 3.63) is 70.7 Å². The van der Waals surface area contributed by atoms with E-state index in [-0.39, 0.29) is 0 Å². The van der Waals surface area contributed by atoms with Crippen molar-refractivity contribution < 1.29 is 0 Å². The molecule has 3 heteroatoms. The minimum absolute atomic E-state index is 0.731. The van der Waals surface area contributed by atoms with Gasteiger partial charge in [0.15, 0.2) is 0 Å². The summed E-state index contributed by atoms with van der Waals surface area (Å²) >= 11 is 6.07. The van der Waals surface area contributed by atoms with Crippen LogP contribution in [0.3, 0.4) is 0 Å². The summed E-state index contributed by atoms with van der Waals surface area (Å²) in [7, 11) is 0. The zero-order chi connectivity index (χ0) is 12.6. The van der Waals surface area contributed by atoms with Gasteiger partial charge in [-0.1, -0.05) is 60.1 Å². The molecular weight excluding hydrogens is 244 g/mol. The van der Waals surface area contributed by atoms with Gasteiger partial charge in [-0.2, -0.15) is 0 Å². The second kappa shape index (κ2) is 7.17. The fraction of sp³-hybridized carbons (Fsp3) is 0.200. The highest BCUT2D eigenvalue weighted by Crippen LogP contribution is 2.13. The number of hydrazine groups is 1. The Morgan fingerprint density at radius 3 is 2.33 bits per heavy atom. The fourth-order valence-electron chi connectivity index (χ4n) is 1.74. The van der Waals surface area contributed by atoms with Gasteiger partial charge in [0.05, 0.1) is 0 Å². The number of hydrogen-bond acceptors (Lipinski definition) is 2. The summed E-state index contributed by atoms with van der Waals surface area (Å²) in [4.78, 5) is 0. The molecule has 0 spiro atoms. The van der Waals surface area contributed by atoms with Gasteiger partial charge in [-0.25, -0.2) is 0 Å². The molecular formula is C15H17ClN2. The average Bonchev–Trinajstić information content (AvgIpc) is 2.42. The molecule has 2 nitrogen and oxygen atoms in total. The first kappa shape index (κ1) is 13.1. The monoisotopic (exact) mass is 260 g/mol. The minimum Gasteiger partial charge on any atom is -0.257 e. The van der Waals surface area contributed by atoms with Crippen molar-refractivity contribution in [1.82, 2.24) is 10.9 Å². The summed E-state index contributed by atoms with van der Waals surface area (Å²) in [5.41, 5.74) is 8.82. The van der Waals surface area contributed by atoms with Crippen molar-refractivity contribution in [2.75, 3.05) is 6.54 Å². The molecule has 0 radical (unpaired) electrons. The third-order valence-electron chi connectivity index (χ3n) is 2.74. The van der Waals surface area contributed by atoms with Crippen LogP contribution in [0.2, 0.25) is 5.02 Å². The molecule has 0 unspecified atom stereocenters. The highest BCUT2D eigenvalue weighted by Gasteiger charge is 1.97. The van der Waals surface area contributed by atoms with Gasteiger partial charge in [0.2, 0.25) is 0 Å². The fourth-order valence-corrected chi connectivity index (χ4v) is 1.94. The summed E-state index contributed by atoms with van der Waals surface area (Å²) in [6, 6.07) is 18.3. The van der Waals surface area contributed by atoms with Crippen LogP contribution in [0.15, 0.2) is 54.6 Å². The van der Waals surface area contributed by atoms with Crippen LogP contribution in [0.1, 0.15) is 11.1 Å².